The Labute approximate surface area is 783 Å². The fourth-order valence-electron chi connectivity index (χ4n) is 18.1. The van der Waals surface area contributed by atoms with Gasteiger partial charge in [0.15, 0.2) is 23.5 Å². The number of carbonyl (C=O) groups is 11. The van der Waals surface area contributed by atoms with Crippen LogP contribution in [-0.4, -0.2) is 208 Å². The first-order chi connectivity index (χ1) is 61.5. The highest BCUT2D eigenvalue weighted by Crippen LogP contribution is 2.61. The zero-order chi connectivity index (χ0) is 96.8. The molecule has 0 bridgehead atoms. The number of rotatable bonds is 35. The number of quaternary nitrogens is 1. The van der Waals surface area contributed by atoms with Crippen LogP contribution in [0.5, 0.6) is 18.0 Å². The number of benzene rings is 3. The number of alkyl carbamates (subject to hydrolysis) is 1. The second-order valence-electron chi connectivity index (χ2n) is 40.5. The highest BCUT2D eigenvalue weighted by atomic mass is 35.5. The van der Waals surface area contributed by atoms with Gasteiger partial charge in [-0.05, 0) is 167 Å². The maximum atomic E-state index is 14.4. The number of nitrogens with two attached hydrogens (primary N) is 1. The summed E-state index contributed by atoms with van der Waals surface area (Å²) in [5.41, 5.74) is -0.318. The van der Waals surface area contributed by atoms with Crippen LogP contribution >= 0.6 is 0 Å². The van der Waals surface area contributed by atoms with Crippen molar-refractivity contribution < 1.29 is 118 Å². The van der Waals surface area contributed by atoms with Crippen LogP contribution in [0.1, 0.15) is 229 Å². The van der Waals surface area contributed by atoms with E-state index >= 15 is 0 Å². The van der Waals surface area contributed by atoms with Crippen LogP contribution in [0.15, 0.2) is 111 Å². The summed E-state index contributed by atoms with van der Waals surface area (Å²) in [5.74, 6) is -3.35. The molecule has 3 amide bonds. The van der Waals surface area contributed by atoms with Crippen LogP contribution in [0.25, 0.3) is 33.1 Å². The number of esters is 4. The van der Waals surface area contributed by atoms with Gasteiger partial charge in [0.1, 0.15) is 47.6 Å². The van der Waals surface area contributed by atoms with E-state index in [1.54, 1.807) is 109 Å². The average molecular weight is 1860 g/mol. The van der Waals surface area contributed by atoms with Crippen LogP contribution < -0.4 is 37.3 Å². The van der Waals surface area contributed by atoms with E-state index in [0.717, 1.165) is 58.8 Å². The minimum Gasteiger partial charge on any atom is -1.00 e. The number of carboxylic acids is 1. The van der Waals surface area contributed by atoms with E-state index in [-0.39, 0.29) is 142 Å². The quantitative estimate of drug-likeness (QED) is 0.0189. The second-order valence-corrected chi connectivity index (χ2v) is 40.5. The number of ether oxygens (including phenoxy) is 9. The highest BCUT2D eigenvalue weighted by Gasteiger charge is 2.65. The Kier molecular flexibility index (Phi) is 35.9. The molecule has 132 heavy (non-hydrogen) atoms. The third-order valence-electron chi connectivity index (χ3n) is 25.0. The maximum absolute atomic E-state index is 14.4. The lowest BCUT2D eigenvalue weighted by Gasteiger charge is -2.36. The third kappa shape index (κ3) is 26.7. The Morgan fingerprint density at radius 1 is 0.485 bits per heavy atom. The lowest BCUT2D eigenvalue weighted by Crippen LogP contribution is -3.00. The molecule has 3 aromatic carbocycles. The van der Waals surface area contributed by atoms with Gasteiger partial charge in [0.05, 0.1) is 107 Å². The molecule has 3 aromatic heterocycles. The molecule has 6 aromatic rings. The Balaban J connectivity index is 0.000000227. The van der Waals surface area contributed by atoms with Crippen LogP contribution in [0.4, 0.5) is 9.59 Å². The number of carboxylic acid groups (broad SMARTS) is 1. The number of aromatic nitrogens is 6. The lowest BCUT2D eigenvalue weighted by atomic mass is 9.79. The molecule has 726 valence electrons. The molecule has 4 N–H and O–H groups in total. The van der Waals surface area contributed by atoms with Gasteiger partial charge in [-0.15, -0.1) is 19.7 Å². The van der Waals surface area contributed by atoms with Gasteiger partial charge in [-0.25, -0.2) is 9.59 Å². The van der Waals surface area contributed by atoms with Crippen LogP contribution in [0, 0.1) is 50.7 Å². The number of Topliss-reactive ketones (excluding diaryl/α,β-unsaturated/α-hetero) is 3. The van der Waals surface area contributed by atoms with Gasteiger partial charge in [0.25, 0.3) is 18.0 Å². The first kappa shape index (κ1) is 107. The molecule has 32 heteroatoms. The summed E-state index contributed by atoms with van der Waals surface area (Å²) < 4.78 is 57.1. The first-order valence-electron chi connectivity index (χ1n) is 46.4. The number of likely N-dealkylation sites (tertiary alicyclic amines) is 2. The largest absolute Gasteiger partial charge is 1.00 e. The monoisotopic (exact) mass is 1860 g/mol. The molecule has 6 fully saturated rings. The van der Waals surface area contributed by atoms with Crippen molar-refractivity contribution in [3.8, 4) is 18.0 Å². The molecule has 0 spiro atoms. The smallest absolute Gasteiger partial charge is 0.411 e. The molecule has 3 saturated carbocycles. The van der Waals surface area contributed by atoms with Crippen molar-refractivity contribution in [3.63, 3.8) is 0 Å². The number of hydrogen-bond acceptors (Lipinski definition) is 23. The SMILES string of the molecule is C=CCn1c(O[C@@H]2C[C@@H](C(=O)C[C@]3(C(=O)OCC)C[C@H]3CC)N(C(=O)OC(C)(C)C)C2)nc2ccccc21.C=CCn1c(O[C@@H]2C[C@@H](C(=O)C[C@]3(C(=O)OCC)C[C@H]3CC)N(C(=O)[C@@H](NC(=O)OC(C)(C)C)C(C)(C)C)C2)nc2ccccc21.C=CCn1c(O[C@H]2C[NH2+][C@H](C(=O)C[C@]3(C(=O)OCC)C[C@H]3CC)C2)nc2ccccc21.CC(C)(C)OC(=O)C[C@H](C(=O)O)C(C)(C)C.[Cl-]. The van der Waals surface area contributed by atoms with Gasteiger partial charge in [0, 0.05) is 58.2 Å². The number of carbonyl (C=O) groups excluding carboxylic acids is 10. The number of aliphatic carboxylic acids is 1. The van der Waals surface area contributed by atoms with Crippen molar-refractivity contribution in [1.29, 1.82) is 0 Å². The maximum Gasteiger partial charge on any atom is 0.411 e. The Bertz CT molecular complexity index is 5120. The number of allylic oxidation sites excluding steroid dienone is 3. The Hall–Kier alpha value is -10.7. The molecule has 0 unspecified atom stereocenters. The number of hydrogen-bond donors (Lipinski definition) is 3. The van der Waals surface area contributed by atoms with Crippen molar-refractivity contribution in [3.05, 3.63) is 111 Å². The van der Waals surface area contributed by atoms with Gasteiger partial charge in [0.2, 0.25) is 5.91 Å². The van der Waals surface area contributed by atoms with E-state index in [1.807, 2.05) is 139 Å². The summed E-state index contributed by atoms with van der Waals surface area (Å²) in [6.07, 6.45) is 8.58. The van der Waals surface area contributed by atoms with Crippen LogP contribution in [0.2, 0.25) is 0 Å². The number of amides is 3. The standard InChI is InChI=1S/C35H50N4O7.C29H39N3O6.C24H31N3O4.C12H22O4.ClH/c1-10-17-38-25-16-14-13-15-24(25)36-31(38)45-23-18-26(27(40)20-35(19-22(35)11-2)30(42)44-12-3)39(21-23)29(41)28(33(4,5)6)37-32(43)46-34(7,8)9;1-7-14-31-22-13-11-10-12-21(22)30-26(31)37-20-15-23(32(18-20)27(35)38-28(4,5)6)24(33)17-29(16-19(29)8-2)25(34)36-9-3;1-4-11-27-20-10-8-7-9-18(20)26-23(27)31-17-12-19(25-15-17)21(28)14-24(13-16(24)5-2)22(29)30-6-3;1-11(2,3)8(10(14)15)7-9(13)16-12(4,5)6;/h10,13-16,22-23,26,28H,1,11-12,17-21H2,2-9H3,(H,37,43);7,10-13,19-20,23H,1,8-9,14-18H2,2-6H3;4,7-10,16-17,19,25H,1,5-6,11-15H2,2-3H3;8H,7H2,1-6H3,(H,14,15);1H/t22-,23-,26+,28-,35-;19-,20-,23+,29-;16-,17-,19+,24-;8-;/m1111./s1. The van der Waals surface area contributed by atoms with Crippen molar-refractivity contribution in [1.82, 2.24) is 43.8 Å². The van der Waals surface area contributed by atoms with E-state index < -0.39 is 110 Å². The van der Waals surface area contributed by atoms with Gasteiger partial charge >= 0.3 is 42.0 Å². The van der Waals surface area contributed by atoms with Crippen molar-refractivity contribution >= 4 is 98.4 Å². The molecular formula is C100H143ClN10O21. The van der Waals surface area contributed by atoms with Crippen molar-refractivity contribution in [2.45, 2.75) is 308 Å². The predicted molar refractivity (Wildman–Crippen MR) is 495 cm³/mol. The predicted octanol–water partition coefficient (Wildman–Crippen LogP) is 12.1. The van der Waals surface area contributed by atoms with Crippen LogP contribution in [-0.2, 0) is 91.2 Å². The molecule has 14 atom stereocenters. The summed E-state index contributed by atoms with van der Waals surface area (Å²) >= 11 is 0. The molecular weight excluding hydrogens is 1710 g/mol. The van der Waals surface area contributed by atoms with Gasteiger partial charge < -0.3 is 75.7 Å². The average Bonchev–Trinajstić information content (AvgIpc) is 1.58. The van der Waals surface area contributed by atoms with Crippen molar-refractivity contribution in [2.24, 2.45) is 50.7 Å². The van der Waals surface area contributed by atoms with Gasteiger partial charge in [-0.1, -0.05) is 136 Å². The van der Waals surface area contributed by atoms with E-state index in [0.29, 0.717) is 70.1 Å². The van der Waals surface area contributed by atoms with E-state index in [4.69, 9.17) is 47.7 Å². The number of nitrogens with one attached hydrogen (secondary N) is 1. The fraction of sp³-hybridized carbons (Fsp3) is 0.620. The highest BCUT2D eigenvalue weighted by molar-refractivity contribution is 5.97. The minimum absolute atomic E-state index is 0. The summed E-state index contributed by atoms with van der Waals surface area (Å²) in [6.45, 7) is 53.1. The number of imidazole rings is 3. The van der Waals surface area contributed by atoms with E-state index in [9.17, 15) is 52.7 Å². The molecule has 6 aliphatic rings. The number of ketones is 3. The normalized spacial score (nSPS) is 23.4. The minimum atomic E-state index is -0.995. The number of fused-ring (bicyclic) bond motifs is 3. The van der Waals surface area contributed by atoms with Crippen molar-refractivity contribution in [2.75, 3.05) is 39.5 Å². The molecule has 12 rings (SSSR count). The first-order valence-corrected chi connectivity index (χ1v) is 46.4. The van der Waals surface area contributed by atoms with Crippen LogP contribution in [0.3, 0.4) is 0 Å². The summed E-state index contributed by atoms with van der Waals surface area (Å²) in [7, 11) is 0. The molecule has 3 aliphatic heterocycles. The zero-order valence-electron chi connectivity index (χ0n) is 81.3. The lowest BCUT2D eigenvalue weighted by molar-refractivity contribution is -0.659. The summed E-state index contributed by atoms with van der Waals surface area (Å²) in [6, 6.07) is 21.8. The Morgan fingerprint density at radius 3 is 1.17 bits per heavy atom. The third-order valence-corrected chi connectivity index (χ3v) is 25.0. The van der Waals surface area contributed by atoms with E-state index in [1.165, 1.54) is 9.80 Å². The zero-order valence-corrected chi connectivity index (χ0v) is 82.1. The Morgan fingerprint density at radius 2 is 0.841 bits per heavy atom. The number of halogens is 1. The summed E-state index contributed by atoms with van der Waals surface area (Å²) in [5, 5.41) is 13.8. The number of nitrogens with zero attached hydrogens (tertiary/aromatic N) is 8. The molecule has 3 saturated heterocycles. The number of para-hydroxylation sites is 6. The van der Waals surface area contributed by atoms with Gasteiger partial charge in [-0.2, -0.15) is 15.0 Å². The second kappa shape index (κ2) is 44.4. The summed E-state index contributed by atoms with van der Waals surface area (Å²) in [4.78, 5) is 159. The van der Waals surface area contributed by atoms with E-state index in [2.05, 4.69) is 46.9 Å². The molecule has 3 aliphatic carbocycles. The molecule has 6 heterocycles. The fourth-order valence-corrected chi connectivity index (χ4v) is 18.1. The van der Waals surface area contributed by atoms with Gasteiger partial charge in [-0.3, -0.25) is 61.8 Å². The molecule has 31 nitrogen and oxygen atoms in total. The molecule has 0 radical (unpaired) electrons. The topological polar surface area (TPSA) is 380 Å².